The summed E-state index contributed by atoms with van der Waals surface area (Å²) in [6.45, 7) is 0.428. The van der Waals surface area contributed by atoms with Crippen molar-refractivity contribution in [2.24, 2.45) is 0 Å². The van der Waals surface area contributed by atoms with Gasteiger partial charge in [-0.05, 0) is 53.8 Å². The number of thiophene rings is 1. The number of benzene rings is 2. The molecule has 29 heavy (non-hydrogen) atoms. The lowest BCUT2D eigenvalue weighted by Crippen LogP contribution is -2.28. The minimum atomic E-state index is -0.329. The summed E-state index contributed by atoms with van der Waals surface area (Å²) >= 11 is 13.3. The van der Waals surface area contributed by atoms with E-state index >= 15 is 0 Å². The summed E-state index contributed by atoms with van der Waals surface area (Å²) in [7, 11) is 0. The molecule has 2 amide bonds. The second-order valence-corrected chi connectivity index (χ2v) is 8.23. The first-order valence-corrected chi connectivity index (χ1v) is 10.5. The SMILES string of the molecule is O=C(COc1ccc(Cl)cc1Cl)Nc1ccc2c(c1)N(C(=O)c1cccs1)CC2. The normalized spacial score (nSPS) is 12.6. The number of fused-ring (bicyclic) bond motifs is 1. The number of anilines is 2. The second-order valence-electron chi connectivity index (χ2n) is 6.44. The van der Waals surface area contributed by atoms with Gasteiger partial charge in [-0.1, -0.05) is 35.3 Å². The third-order valence-electron chi connectivity index (χ3n) is 4.49. The van der Waals surface area contributed by atoms with Crippen molar-refractivity contribution in [1.82, 2.24) is 0 Å². The summed E-state index contributed by atoms with van der Waals surface area (Å²) in [5.41, 5.74) is 2.50. The van der Waals surface area contributed by atoms with Crippen LogP contribution in [-0.4, -0.2) is 25.0 Å². The van der Waals surface area contributed by atoms with Crippen LogP contribution in [0.1, 0.15) is 15.2 Å². The summed E-state index contributed by atoms with van der Waals surface area (Å²) in [6.07, 6.45) is 0.791. The number of ether oxygens (including phenoxy) is 1. The number of halogens is 2. The molecule has 0 radical (unpaired) electrons. The third kappa shape index (κ3) is 4.40. The van der Waals surface area contributed by atoms with Gasteiger partial charge in [0.05, 0.1) is 9.90 Å². The Morgan fingerprint density at radius 1 is 1.14 bits per heavy atom. The molecule has 4 rings (SSSR count). The van der Waals surface area contributed by atoms with Crippen LogP contribution in [0.15, 0.2) is 53.9 Å². The van der Waals surface area contributed by atoms with Gasteiger partial charge in [0.1, 0.15) is 5.75 Å². The maximum Gasteiger partial charge on any atom is 0.268 e. The molecule has 0 saturated heterocycles. The maximum atomic E-state index is 12.7. The average molecular weight is 447 g/mol. The van der Waals surface area contributed by atoms with Gasteiger partial charge in [-0.3, -0.25) is 9.59 Å². The standard InChI is InChI=1S/C21H16Cl2N2O3S/c22-14-4-6-18(16(23)10-14)28-12-20(26)24-15-5-3-13-7-8-25(17(13)11-15)21(27)19-2-1-9-29-19/h1-6,9-11H,7-8,12H2,(H,24,26). The van der Waals surface area contributed by atoms with Crippen LogP contribution >= 0.6 is 34.5 Å². The third-order valence-corrected chi connectivity index (χ3v) is 5.88. The Balaban J connectivity index is 1.43. The van der Waals surface area contributed by atoms with Gasteiger partial charge in [0, 0.05) is 22.9 Å². The Morgan fingerprint density at radius 3 is 2.76 bits per heavy atom. The quantitative estimate of drug-likeness (QED) is 0.580. The van der Waals surface area contributed by atoms with Gasteiger partial charge in [0.25, 0.3) is 11.8 Å². The number of carbonyl (C=O) groups excluding carboxylic acids is 2. The van der Waals surface area contributed by atoms with E-state index in [1.807, 2.05) is 35.7 Å². The molecular formula is C21H16Cl2N2O3S. The number of nitrogens with one attached hydrogen (secondary N) is 1. The zero-order valence-electron chi connectivity index (χ0n) is 15.2. The van der Waals surface area contributed by atoms with Crippen LogP contribution in [0.3, 0.4) is 0 Å². The largest absolute Gasteiger partial charge is 0.482 e. The van der Waals surface area contributed by atoms with Gasteiger partial charge in [-0.2, -0.15) is 0 Å². The van der Waals surface area contributed by atoms with Crippen molar-refractivity contribution >= 4 is 57.7 Å². The zero-order chi connectivity index (χ0) is 20.4. The van der Waals surface area contributed by atoms with E-state index in [1.165, 1.54) is 11.3 Å². The van der Waals surface area contributed by atoms with Crippen molar-refractivity contribution in [3.05, 3.63) is 74.4 Å². The molecule has 8 heteroatoms. The summed E-state index contributed by atoms with van der Waals surface area (Å²) in [4.78, 5) is 27.5. The average Bonchev–Trinajstić information content (AvgIpc) is 3.37. The van der Waals surface area contributed by atoms with Crippen LogP contribution < -0.4 is 15.0 Å². The molecule has 0 saturated carbocycles. The van der Waals surface area contributed by atoms with Crippen molar-refractivity contribution in [3.63, 3.8) is 0 Å². The monoisotopic (exact) mass is 446 g/mol. The van der Waals surface area contributed by atoms with Gasteiger partial charge in [-0.15, -0.1) is 11.3 Å². The first-order valence-electron chi connectivity index (χ1n) is 8.87. The van der Waals surface area contributed by atoms with Crippen molar-refractivity contribution < 1.29 is 14.3 Å². The Morgan fingerprint density at radius 2 is 2.00 bits per heavy atom. The summed E-state index contributed by atoms with van der Waals surface area (Å²) in [6, 6.07) is 14.1. The lowest BCUT2D eigenvalue weighted by Gasteiger charge is -2.17. The number of hydrogen-bond donors (Lipinski definition) is 1. The molecule has 5 nitrogen and oxygen atoms in total. The second kappa shape index (κ2) is 8.45. The molecule has 0 spiro atoms. The fourth-order valence-electron chi connectivity index (χ4n) is 3.13. The van der Waals surface area contributed by atoms with E-state index < -0.39 is 0 Å². The molecule has 0 bridgehead atoms. The number of amides is 2. The summed E-state index contributed by atoms with van der Waals surface area (Å²) in [5, 5.41) is 5.51. The number of nitrogens with zero attached hydrogens (tertiary/aromatic N) is 1. The first-order chi connectivity index (χ1) is 14.0. The van der Waals surface area contributed by atoms with E-state index in [2.05, 4.69) is 5.32 Å². The van der Waals surface area contributed by atoms with Crippen molar-refractivity contribution in [2.75, 3.05) is 23.4 Å². The molecule has 0 fully saturated rings. The molecule has 1 N–H and O–H groups in total. The van der Waals surface area contributed by atoms with E-state index in [-0.39, 0.29) is 18.4 Å². The predicted octanol–water partition coefficient (Wildman–Crippen LogP) is 5.28. The molecule has 148 valence electrons. The molecule has 3 aromatic rings. The van der Waals surface area contributed by atoms with Crippen molar-refractivity contribution in [1.29, 1.82) is 0 Å². The topological polar surface area (TPSA) is 58.6 Å². The van der Waals surface area contributed by atoms with Gasteiger partial charge in [-0.25, -0.2) is 0 Å². The molecule has 2 aromatic carbocycles. The maximum absolute atomic E-state index is 12.7. The molecule has 1 aliphatic rings. The number of hydrogen-bond acceptors (Lipinski definition) is 4. The highest BCUT2D eigenvalue weighted by molar-refractivity contribution is 7.12. The minimum Gasteiger partial charge on any atom is -0.482 e. The van der Waals surface area contributed by atoms with E-state index in [4.69, 9.17) is 27.9 Å². The predicted molar refractivity (Wildman–Crippen MR) is 117 cm³/mol. The highest BCUT2D eigenvalue weighted by Gasteiger charge is 2.26. The lowest BCUT2D eigenvalue weighted by molar-refractivity contribution is -0.118. The van der Waals surface area contributed by atoms with Crippen LogP contribution in [-0.2, 0) is 11.2 Å². The Hall–Kier alpha value is -2.54. The van der Waals surface area contributed by atoms with Gasteiger partial charge in [0.2, 0.25) is 0 Å². The summed E-state index contributed by atoms with van der Waals surface area (Å²) in [5.74, 6) is 0.0286. The van der Waals surface area contributed by atoms with Gasteiger partial charge >= 0.3 is 0 Å². The molecular weight excluding hydrogens is 431 g/mol. The van der Waals surface area contributed by atoms with E-state index in [9.17, 15) is 9.59 Å². The molecule has 1 aromatic heterocycles. The molecule has 0 unspecified atom stereocenters. The lowest BCUT2D eigenvalue weighted by atomic mass is 10.1. The highest BCUT2D eigenvalue weighted by Crippen LogP contribution is 2.33. The number of carbonyl (C=O) groups is 2. The van der Waals surface area contributed by atoms with E-state index in [0.717, 1.165) is 17.7 Å². The number of rotatable bonds is 5. The van der Waals surface area contributed by atoms with Crippen molar-refractivity contribution in [2.45, 2.75) is 6.42 Å². The van der Waals surface area contributed by atoms with Crippen LogP contribution in [0.2, 0.25) is 10.0 Å². The van der Waals surface area contributed by atoms with E-state index in [1.54, 1.807) is 23.1 Å². The Labute approximate surface area is 181 Å². The minimum absolute atomic E-state index is 0.0251. The Kier molecular flexibility index (Phi) is 5.76. The smallest absolute Gasteiger partial charge is 0.268 e. The van der Waals surface area contributed by atoms with Crippen LogP contribution in [0.4, 0.5) is 11.4 Å². The molecule has 2 heterocycles. The fraction of sp³-hybridized carbons (Fsp3) is 0.143. The molecule has 0 atom stereocenters. The Bertz CT molecular complexity index is 1070. The van der Waals surface area contributed by atoms with Crippen molar-refractivity contribution in [3.8, 4) is 5.75 Å². The van der Waals surface area contributed by atoms with Crippen LogP contribution in [0.5, 0.6) is 5.75 Å². The fourth-order valence-corrected chi connectivity index (χ4v) is 4.27. The molecule has 0 aliphatic carbocycles. The zero-order valence-corrected chi connectivity index (χ0v) is 17.5. The molecule has 1 aliphatic heterocycles. The van der Waals surface area contributed by atoms with E-state index in [0.29, 0.717) is 32.9 Å². The highest BCUT2D eigenvalue weighted by atomic mass is 35.5. The van der Waals surface area contributed by atoms with Crippen LogP contribution in [0, 0.1) is 0 Å². The van der Waals surface area contributed by atoms with Gasteiger partial charge in [0.15, 0.2) is 6.61 Å². The summed E-state index contributed by atoms with van der Waals surface area (Å²) < 4.78 is 5.46. The first kappa shape index (κ1) is 19.8. The van der Waals surface area contributed by atoms with Gasteiger partial charge < -0.3 is 15.0 Å². The van der Waals surface area contributed by atoms with Crippen LogP contribution in [0.25, 0.3) is 0 Å².